The molecule has 0 heterocycles. The van der Waals surface area contributed by atoms with E-state index in [1.54, 1.807) is 0 Å². The smallest absolute Gasteiger partial charge is 0.0229 e. The second-order valence-electron chi connectivity index (χ2n) is 5.46. The molecule has 1 saturated carbocycles. The van der Waals surface area contributed by atoms with E-state index in [9.17, 15) is 0 Å². The molecule has 0 bridgehead atoms. The second-order valence-corrected chi connectivity index (χ2v) is 5.84. The Morgan fingerprint density at radius 3 is 2.59 bits per heavy atom. The molecule has 0 radical (unpaired) electrons. The zero-order chi connectivity index (χ0) is 12.3. The lowest BCUT2D eigenvalue weighted by molar-refractivity contribution is 0.445. The summed E-state index contributed by atoms with van der Waals surface area (Å²) in [7, 11) is 0. The summed E-state index contributed by atoms with van der Waals surface area (Å²) in [5, 5.41) is 3.58. The third-order valence-electron chi connectivity index (χ3n) is 3.98. The standard InChI is InChI=1S/C15H22ClN/c1-12-3-4-14(9-13(12)2)10-17-11-15(5-6-15)7-8-16/h3-4,9,17H,5-8,10-11H2,1-2H3. The molecule has 2 heteroatoms. The van der Waals surface area contributed by atoms with Crippen molar-refractivity contribution in [3.63, 3.8) is 0 Å². The largest absolute Gasteiger partial charge is 0.312 e. The summed E-state index contributed by atoms with van der Waals surface area (Å²) in [5.41, 5.74) is 4.66. The number of halogens is 1. The van der Waals surface area contributed by atoms with E-state index in [1.807, 2.05) is 0 Å². The van der Waals surface area contributed by atoms with Crippen molar-refractivity contribution in [1.29, 1.82) is 0 Å². The first-order chi connectivity index (χ1) is 8.15. The molecule has 0 amide bonds. The van der Waals surface area contributed by atoms with Gasteiger partial charge in [-0.3, -0.25) is 0 Å². The highest BCUT2D eigenvalue weighted by molar-refractivity contribution is 6.17. The minimum absolute atomic E-state index is 0.529. The molecule has 0 aliphatic heterocycles. The van der Waals surface area contributed by atoms with Crippen LogP contribution in [0.5, 0.6) is 0 Å². The van der Waals surface area contributed by atoms with Crippen LogP contribution in [0.25, 0.3) is 0 Å². The Morgan fingerprint density at radius 2 is 2.00 bits per heavy atom. The van der Waals surface area contributed by atoms with E-state index >= 15 is 0 Å². The average Bonchev–Trinajstić information content (AvgIpc) is 3.04. The quantitative estimate of drug-likeness (QED) is 0.759. The Bertz CT molecular complexity index is 383. The van der Waals surface area contributed by atoms with Gasteiger partial charge in [-0.05, 0) is 55.2 Å². The van der Waals surface area contributed by atoms with Gasteiger partial charge in [0.2, 0.25) is 0 Å². The summed E-state index contributed by atoms with van der Waals surface area (Å²) in [6.45, 7) is 6.43. The van der Waals surface area contributed by atoms with Crippen LogP contribution in [0.2, 0.25) is 0 Å². The zero-order valence-electron chi connectivity index (χ0n) is 10.9. The molecule has 1 aromatic carbocycles. The minimum atomic E-state index is 0.529. The van der Waals surface area contributed by atoms with Crippen molar-refractivity contribution in [2.75, 3.05) is 12.4 Å². The van der Waals surface area contributed by atoms with E-state index in [0.717, 1.165) is 25.4 Å². The van der Waals surface area contributed by atoms with Gasteiger partial charge < -0.3 is 5.32 Å². The monoisotopic (exact) mass is 251 g/mol. The van der Waals surface area contributed by atoms with Gasteiger partial charge in [0, 0.05) is 19.0 Å². The van der Waals surface area contributed by atoms with Gasteiger partial charge in [0.15, 0.2) is 0 Å². The fourth-order valence-corrected chi connectivity index (χ4v) is 2.68. The molecule has 0 aromatic heterocycles. The molecule has 0 saturated heterocycles. The molecule has 1 N–H and O–H groups in total. The molecule has 94 valence electrons. The molecule has 0 spiro atoms. The first-order valence-electron chi connectivity index (χ1n) is 6.48. The molecule has 0 atom stereocenters. The Kier molecular flexibility index (Phi) is 4.11. The molecule has 17 heavy (non-hydrogen) atoms. The lowest BCUT2D eigenvalue weighted by Crippen LogP contribution is -2.24. The van der Waals surface area contributed by atoms with Crippen molar-refractivity contribution in [3.8, 4) is 0 Å². The zero-order valence-corrected chi connectivity index (χ0v) is 11.6. The van der Waals surface area contributed by atoms with Crippen LogP contribution < -0.4 is 5.32 Å². The maximum atomic E-state index is 5.83. The lowest BCUT2D eigenvalue weighted by atomic mass is 10.0. The van der Waals surface area contributed by atoms with Crippen molar-refractivity contribution in [2.24, 2.45) is 5.41 Å². The van der Waals surface area contributed by atoms with Crippen LogP contribution in [0.4, 0.5) is 0 Å². The van der Waals surface area contributed by atoms with Gasteiger partial charge in [-0.25, -0.2) is 0 Å². The summed E-state index contributed by atoms with van der Waals surface area (Å²) in [4.78, 5) is 0. The van der Waals surface area contributed by atoms with Crippen molar-refractivity contribution in [3.05, 3.63) is 34.9 Å². The van der Waals surface area contributed by atoms with Gasteiger partial charge in [-0.1, -0.05) is 18.2 Å². The van der Waals surface area contributed by atoms with Gasteiger partial charge >= 0.3 is 0 Å². The van der Waals surface area contributed by atoms with E-state index in [-0.39, 0.29) is 0 Å². The van der Waals surface area contributed by atoms with E-state index in [1.165, 1.54) is 29.5 Å². The number of rotatable bonds is 6. The highest BCUT2D eigenvalue weighted by atomic mass is 35.5. The first kappa shape index (κ1) is 12.9. The topological polar surface area (TPSA) is 12.0 Å². The molecule has 1 aliphatic carbocycles. The lowest BCUT2D eigenvalue weighted by Gasteiger charge is -2.14. The molecule has 1 fully saturated rings. The van der Waals surface area contributed by atoms with Crippen LogP contribution in [0.1, 0.15) is 36.0 Å². The Hall–Kier alpha value is -0.530. The van der Waals surface area contributed by atoms with Crippen molar-refractivity contribution in [2.45, 2.75) is 39.7 Å². The SMILES string of the molecule is Cc1ccc(CNCC2(CCCl)CC2)cc1C. The Morgan fingerprint density at radius 1 is 1.24 bits per heavy atom. The normalized spacial score (nSPS) is 17.1. The van der Waals surface area contributed by atoms with Gasteiger partial charge in [-0.2, -0.15) is 0 Å². The predicted octanol–water partition coefficient (Wildman–Crippen LogP) is 3.80. The number of nitrogens with one attached hydrogen (secondary N) is 1. The van der Waals surface area contributed by atoms with Crippen LogP contribution >= 0.6 is 11.6 Å². The summed E-state index contributed by atoms with van der Waals surface area (Å²) < 4.78 is 0. The van der Waals surface area contributed by atoms with Crippen LogP contribution in [0, 0.1) is 19.3 Å². The van der Waals surface area contributed by atoms with E-state index in [4.69, 9.17) is 11.6 Å². The first-order valence-corrected chi connectivity index (χ1v) is 7.01. The summed E-state index contributed by atoms with van der Waals surface area (Å²) in [6, 6.07) is 6.71. The van der Waals surface area contributed by atoms with Gasteiger partial charge in [0.05, 0.1) is 0 Å². The van der Waals surface area contributed by atoms with Gasteiger partial charge in [0.25, 0.3) is 0 Å². The number of alkyl halides is 1. The predicted molar refractivity (Wildman–Crippen MR) is 74.6 cm³/mol. The number of hydrogen-bond donors (Lipinski definition) is 1. The highest BCUT2D eigenvalue weighted by Crippen LogP contribution is 2.48. The molecular formula is C15H22ClN. The van der Waals surface area contributed by atoms with Gasteiger partial charge in [-0.15, -0.1) is 11.6 Å². The molecule has 2 rings (SSSR count). The van der Waals surface area contributed by atoms with E-state index < -0.39 is 0 Å². The second kappa shape index (κ2) is 5.41. The maximum Gasteiger partial charge on any atom is 0.0229 e. The fraction of sp³-hybridized carbons (Fsp3) is 0.600. The van der Waals surface area contributed by atoms with Crippen LogP contribution in [-0.2, 0) is 6.54 Å². The summed E-state index contributed by atoms with van der Waals surface area (Å²) in [6.07, 6.45) is 3.85. The average molecular weight is 252 g/mol. The molecule has 1 nitrogen and oxygen atoms in total. The van der Waals surface area contributed by atoms with E-state index in [0.29, 0.717) is 5.41 Å². The molecule has 0 unspecified atom stereocenters. The number of hydrogen-bond acceptors (Lipinski definition) is 1. The van der Waals surface area contributed by atoms with Gasteiger partial charge in [0.1, 0.15) is 0 Å². The third-order valence-corrected chi connectivity index (χ3v) is 4.17. The maximum absolute atomic E-state index is 5.83. The molecular weight excluding hydrogens is 230 g/mol. The van der Waals surface area contributed by atoms with Crippen LogP contribution in [0.3, 0.4) is 0 Å². The number of benzene rings is 1. The highest BCUT2D eigenvalue weighted by Gasteiger charge is 2.40. The van der Waals surface area contributed by atoms with Crippen molar-refractivity contribution in [1.82, 2.24) is 5.32 Å². The third kappa shape index (κ3) is 3.46. The Balaban J connectivity index is 1.80. The van der Waals surface area contributed by atoms with Crippen molar-refractivity contribution >= 4 is 11.6 Å². The van der Waals surface area contributed by atoms with E-state index in [2.05, 4.69) is 37.4 Å². The summed E-state index contributed by atoms with van der Waals surface area (Å²) in [5.74, 6) is 0.797. The van der Waals surface area contributed by atoms with Crippen molar-refractivity contribution < 1.29 is 0 Å². The fourth-order valence-electron chi connectivity index (χ4n) is 2.28. The molecule has 1 aromatic rings. The molecule has 1 aliphatic rings. The minimum Gasteiger partial charge on any atom is -0.312 e. The number of aryl methyl sites for hydroxylation is 2. The summed E-state index contributed by atoms with van der Waals surface area (Å²) >= 11 is 5.83. The van der Waals surface area contributed by atoms with Crippen LogP contribution in [0.15, 0.2) is 18.2 Å². The van der Waals surface area contributed by atoms with Crippen LogP contribution in [-0.4, -0.2) is 12.4 Å². The Labute approximate surface area is 110 Å².